The zero-order chi connectivity index (χ0) is 18.9. The summed E-state index contributed by atoms with van der Waals surface area (Å²) in [6.45, 7) is 21.8. The molecule has 0 heterocycles. The van der Waals surface area contributed by atoms with Gasteiger partial charge in [-0.3, -0.25) is 4.90 Å². The van der Waals surface area contributed by atoms with Crippen LogP contribution in [0.1, 0.15) is 82.1 Å². The minimum Gasteiger partial charge on any atom is -0.325 e. The van der Waals surface area contributed by atoms with Gasteiger partial charge in [0, 0.05) is 34.1 Å². The van der Waals surface area contributed by atoms with E-state index in [0.29, 0.717) is 0 Å². The Morgan fingerprint density at radius 1 is 0.739 bits per heavy atom. The van der Waals surface area contributed by atoms with Crippen molar-refractivity contribution >= 4 is 6.29 Å². The Morgan fingerprint density at radius 3 is 1.43 bits per heavy atom. The molecule has 0 bridgehead atoms. The van der Waals surface area contributed by atoms with Crippen LogP contribution in [0.5, 0.6) is 0 Å². The molecule has 0 rings (SSSR count). The highest BCUT2D eigenvalue weighted by atomic mass is 16.1. The van der Waals surface area contributed by atoms with Gasteiger partial charge in [0.05, 0.1) is 0 Å². The number of rotatable bonds is 9. The zero-order valence-corrected chi connectivity index (χ0v) is 17.2. The summed E-state index contributed by atoms with van der Waals surface area (Å²) < 4.78 is 0. The van der Waals surface area contributed by atoms with Crippen molar-refractivity contribution in [1.82, 2.24) is 4.90 Å². The first kappa shape index (κ1) is 22.6. The van der Waals surface area contributed by atoms with Gasteiger partial charge in [-0.05, 0) is 68.2 Å². The lowest BCUT2D eigenvalue weighted by atomic mass is 9.76. The summed E-state index contributed by atoms with van der Waals surface area (Å²) in [6.07, 6.45) is 2.68. The molecule has 23 heavy (non-hydrogen) atoms. The molecule has 138 valence electrons. The number of hydrogen-bond acceptors (Lipinski definition) is 4. The second-order valence-corrected chi connectivity index (χ2v) is 10.6. The Morgan fingerprint density at radius 2 is 1.13 bits per heavy atom. The fraction of sp³-hybridized carbons (Fsp3) is 0.947. The molecule has 0 saturated carbocycles. The highest BCUT2D eigenvalue weighted by Gasteiger charge is 2.43. The molecule has 0 amide bonds. The third-order valence-corrected chi connectivity index (χ3v) is 4.12. The van der Waals surface area contributed by atoms with E-state index in [9.17, 15) is 4.79 Å². The topological polar surface area (TPSA) is 72.3 Å². The second-order valence-electron chi connectivity index (χ2n) is 10.6. The Balaban J connectivity index is 5.73. The molecule has 0 aliphatic carbocycles. The first-order chi connectivity index (χ1) is 9.81. The number of nitrogens with two attached hydrogens (primary N) is 2. The van der Waals surface area contributed by atoms with E-state index < -0.39 is 0 Å². The van der Waals surface area contributed by atoms with E-state index in [1.54, 1.807) is 0 Å². The van der Waals surface area contributed by atoms with Gasteiger partial charge in [-0.25, -0.2) is 0 Å². The lowest BCUT2D eigenvalue weighted by Gasteiger charge is -2.54. The Labute approximate surface area is 144 Å². The minimum absolute atomic E-state index is 0.128. The van der Waals surface area contributed by atoms with Crippen LogP contribution >= 0.6 is 0 Å². The van der Waals surface area contributed by atoms with Crippen molar-refractivity contribution in [2.45, 2.75) is 104 Å². The van der Waals surface area contributed by atoms with Crippen LogP contribution in [0.3, 0.4) is 0 Å². The quantitative estimate of drug-likeness (QED) is 0.637. The predicted molar refractivity (Wildman–Crippen MR) is 100 cm³/mol. The SMILES string of the molecule is CC(C)(N)CN(C(C)(C)CC(C)(C)N)C(C)(C)CC(C)(C)C=O. The summed E-state index contributed by atoms with van der Waals surface area (Å²) in [4.78, 5) is 13.9. The fourth-order valence-electron chi connectivity index (χ4n) is 4.12. The van der Waals surface area contributed by atoms with Crippen molar-refractivity contribution in [2.75, 3.05) is 6.54 Å². The number of nitrogens with zero attached hydrogens (tertiary/aromatic N) is 1. The van der Waals surface area contributed by atoms with Gasteiger partial charge in [0.15, 0.2) is 0 Å². The van der Waals surface area contributed by atoms with E-state index in [-0.39, 0.29) is 27.6 Å². The first-order valence-corrected chi connectivity index (χ1v) is 8.63. The van der Waals surface area contributed by atoms with Crippen LogP contribution in [-0.2, 0) is 4.79 Å². The van der Waals surface area contributed by atoms with Gasteiger partial charge in [-0.15, -0.1) is 0 Å². The molecular formula is C19H41N3O. The summed E-state index contributed by atoms with van der Waals surface area (Å²) in [7, 11) is 0. The van der Waals surface area contributed by atoms with E-state index in [1.807, 2.05) is 27.7 Å². The van der Waals surface area contributed by atoms with Gasteiger partial charge in [0.2, 0.25) is 0 Å². The largest absolute Gasteiger partial charge is 0.325 e. The van der Waals surface area contributed by atoms with Crippen LogP contribution < -0.4 is 11.5 Å². The molecule has 0 aliphatic rings. The van der Waals surface area contributed by atoms with Crippen molar-refractivity contribution in [3.05, 3.63) is 0 Å². The highest BCUT2D eigenvalue weighted by Crippen LogP contribution is 2.38. The summed E-state index contributed by atoms with van der Waals surface area (Å²) >= 11 is 0. The Hall–Kier alpha value is -0.450. The van der Waals surface area contributed by atoms with E-state index in [2.05, 4.69) is 46.4 Å². The van der Waals surface area contributed by atoms with Gasteiger partial charge in [-0.1, -0.05) is 13.8 Å². The molecule has 4 heteroatoms. The molecule has 0 aromatic rings. The van der Waals surface area contributed by atoms with Crippen LogP contribution in [0.15, 0.2) is 0 Å². The molecule has 4 nitrogen and oxygen atoms in total. The maximum absolute atomic E-state index is 11.4. The number of hydrogen-bond donors (Lipinski definition) is 2. The number of carbonyl (C=O) groups is 1. The molecular weight excluding hydrogens is 286 g/mol. The average Bonchev–Trinajstić information content (AvgIpc) is 2.19. The summed E-state index contributed by atoms with van der Waals surface area (Å²) in [6, 6.07) is 0. The summed E-state index contributed by atoms with van der Waals surface area (Å²) in [5, 5.41) is 0. The van der Waals surface area contributed by atoms with Gasteiger partial charge in [0.1, 0.15) is 6.29 Å². The lowest BCUT2D eigenvalue weighted by Crippen LogP contribution is -2.64. The number of carbonyl (C=O) groups excluding carboxylic acids is 1. The Kier molecular flexibility index (Phi) is 6.68. The van der Waals surface area contributed by atoms with E-state index >= 15 is 0 Å². The summed E-state index contributed by atoms with van der Waals surface area (Å²) in [5.74, 6) is 0. The van der Waals surface area contributed by atoms with Crippen molar-refractivity contribution in [2.24, 2.45) is 16.9 Å². The van der Waals surface area contributed by atoms with Crippen molar-refractivity contribution in [1.29, 1.82) is 0 Å². The summed E-state index contributed by atoms with van der Waals surface area (Å²) in [5.41, 5.74) is 11.4. The van der Waals surface area contributed by atoms with E-state index in [1.165, 1.54) is 0 Å². The van der Waals surface area contributed by atoms with E-state index in [4.69, 9.17) is 11.5 Å². The number of aldehydes is 1. The van der Waals surface area contributed by atoms with Gasteiger partial charge in [-0.2, -0.15) is 0 Å². The first-order valence-electron chi connectivity index (χ1n) is 8.63. The predicted octanol–water partition coefficient (Wildman–Crippen LogP) is 3.33. The third-order valence-electron chi connectivity index (χ3n) is 4.12. The van der Waals surface area contributed by atoms with Crippen LogP contribution in [0.2, 0.25) is 0 Å². The molecule has 0 aromatic heterocycles. The maximum Gasteiger partial charge on any atom is 0.125 e. The van der Waals surface area contributed by atoms with Crippen molar-refractivity contribution in [3.8, 4) is 0 Å². The molecule has 0 saturated heterocycles. The lowest BCUT2D eigenvalue weighted by molar-refractivity contribution is -0.117. The zero-order valence-electron chi connectivity index (χ0n) is 17.2. The maximum atomic E-state index is 11.4. The van der Waals surface area contributed by atoms with Gasteiger partial charge >= 0.3 is 0 Å². The molecule has 0 aliphatic heterocycles. The van der Waals surface area contributed by atoms with Crippen molar-refractivity contribution in [3.63, 3.8) is 0 Å². The second kappa shape index (κ2) is 6.81. The normalized spacial score (nSPS) is 15.2. The molecule has 0 radical (unpaired) electrons. The van der Waals surface area contributed by atoms with E-state index in [0.717, 1.165) is 25.7 Å². The highest BCUT2D eigenvalue weighted by molar-refractivity contribution is 5.58. The fourth-order valence-corrected chi connectivity index (χ4v) is 4.12. The van der Waals surface area contributed by atoms with Gasteiger partial charge < -0.3 is 16.3 Å². The Bertz CT molecular complexity index is 398. The van der Waals surface area contributed by atoms with Crippen LogP contribution in [0.4, 0.5) is 0 Å². The molecule has 0 spiro atoms. The molecule has 0 aromatic carbocycles. The third kappa shape index (κ3) is 8.27. The monoisotopic (exact) mass is 327 g/mol. The van der Waals surface area contributed by atoms with Crippen molar-refractivity contribution < 1.29 is 4.79 Å². The van der Waals surface area contributed by atoms with Crippen LogP contribution in [-0.4, -0.2) is 39.9 Å². The van der Waals surface area contributed by atoms with Crippen LogP contribution in [0.25, 0.3) is 0 Å². The smallest absolute Gasteiger partial charge is 0.125 e. The average molecular weight is 328 g/mol. The molecule has 0 atom stereocenters. The molecule has 4 N–H and O–H groups in total. The molecule has 0 unspecified atom stereocenters. The van der Waals surface area contributed by atoms with Gasteiger partial charge in [0.25, 0.3) is 0 Å². The van der Waals surface area contributed by atoms with Crippen LogP contribution in [0, 0.1) is 5.41 Å². The molecule has 0 fully saturated rings. The standard InChI is InChI=1S/C19H41N3O/c1-15(2,14-23)11-18(7,8)22(13-17(5,6)21)19(9,10)12-16(3,4)20/h14H,11-13,20-21H2,1-10H3. The minimum atomic E-state index is -0.366.